The summed E-state index contributed by atoms with van der Waals surface area (Å²) in [6.45, 7) is 7.38. The maximum atomic E-state index is 4.54. The predicted octanol–water partition coefficient (Wildman–Crippen LogP) is 4.21. The summed E-state index contributed by atoms with van der Waals surface area (Å²) in [6.07, 6.45) is 1.97. The number of pyridine rings is 1. The number of hydrogen-bond donors (Lipinski definition) is 1. The Kier molecular flexibility index (Phi) is 5.00. The molecule has 2 aromatic rings. The van der Waals surface area contributed by atoms with Crippen LogP contribution in [0.5, 0.6) is 0 Å². The van der Waals surface area contributed by atoms with Gasteiger partial charge < -0.3 is 5.32 Å². The van der Waals surface area contributed by atoms with E-state index in [1.807, 2.05) is 6.20 Å². The predicted molar refractivity (Wildman–Crippen MR) is 81.6 cm³/mol. The zero-order chi connectivity index (χ0) is 13.7. The van der Waals surface area contributed by atoms with Crippen LogP contribution in [-0.2, 0) is 0 Å². The summed E-state index contributed by atoms with van der Waals surface area (Å²) in [4.78, 5) is 5.81. The molecule has 1 heterocycles. The highest BCUT2D eigenvalue weighted by Crippen LogP contribution is 2.28. The molecule has 1 N–H and O–H groups in total. The Morgan fingerprint density at radius 2 is 2.00 bits per heavy atom. The average molecular weight is 272 g/mol. The van der Waals surface area contributed by atoms with Crippen molar-refractivity contribution in [2.75, 3.05) is 6.54 Å². The number of nitrogens with one attached hydrogen (secondary N) is 1. The van der Waals surface area contributed by atoms with Gasteiger partial charge in [0.1, 0.15) is 5.03 Å². The fraction of sp³-hybridized carbons (Fsp3) is 0.312. The van der Waals surface area contributed by atoms with Gasteiger partial charge in [0.25, 0.3) is 0 Å². The van der Waals surface area contributed by atoms with Crippen LogP contribution in [0.1, 0.15) is 31.0 Å². The molecular weight excluding hydrogens is 252 g/mol. The monoisotopic (exact) mass is 272 g/mol. The summed E-state index contributed by atoms with van der Waals surface area (Å²) in [6, 6.07) is 13.0. The minimum absolute atomic E-state index is 0.356. The molecule has 2 rings (SSSR count). The summed E-state index contributed by atoms with van der Waals surface area (Å²) < 4.78 is 0. The first-order valence-corrected chi connectivity index (χ1v) is 7.45. The Hall–Kier alpha value is -1.32. The maximum Gasteiger partial charge on any atom is 0.101 e. The van der Waals surface area contributed by atoms with Crippen LogP contribution in [0.3, 0.4) is 0 Å². The summed E-state index contributed by atoms with van der Waals surface area (Å²) in [5.41, 5.74) is 2.52. The highest BCUT2D eigenvalue weighted by molar-refractivity contribution is 7.99. The van der Waals surface area contributed by atoms with Crippen molar-refractivity contribution in [2.45, 2.75) is 36.7 Å². The number of aryl methyl sites for hydroxylation is 1. The molecule has 0 spiro atoms. The molecule has 0 saturated carbocycles. The highest BCUT2D eigenvalue weighted by atomic mass is 32.2. The van der Waals surface area contributed by atoms with Gasteiger partial charge in [-0.15, -0.1) is 0 Å². The zero-order valence-electron chi connectivity index (χ0n) is 11.7. The van der Waals surface area contributed by atoms with Crippen molar-refractivity contribution in [3.63, 3.8) is 0 Å². The van der Waals surface area contributed by atoms with E-state index in [0.29, 0.717) is 6.04 Å². The van der Waals surface area contributed by atoms with E-state index in [0.717, 1.165) is 11.6 Å². The number of hydrogen-bond acceptors (Lipinski definition) is 3. The zero-order valence-corrected chi connectivity index (χ0v) is 12.5. The van der Waals surface area contributed by atoms with E-state index in [1.165, 1.54) is 16.0 Å². The van der Waals surface area contributed by atoms with Gasteiger partial charge in [0.15, 0.2) is 0 Å². The average Bonchev–Trinajstić information content (AvgIpc) is 2.42. The first-order valence-electron chi connectivity index (χ1n) is 6.63. The van der Waals surface area contributed by atoms with E-state index >= 15 is 0 Å². The van der Waals surface area contributed by atoms with E-state index in [-0.39, 0.29) is 0 Å². The van der Waals surface area contributed by atoms with Crippen LogP contribution < -0.4 is 5.32 Å². The molecule has 0 saturated heterocycles. The summed E-state index contributed by atoms with van der Waals surface area (Å²) in [5, 5.41) is 4.44. The molecule has 0 aliphatic rings. The first-order chi connectivity index (χ1) is 9.20. The molecule has 0 radical (unpaired) electrons. The second-order valence-corrected chi connectivity index (χ2v) is 5.64. The quantitative estimate of drug-likeness (QED) is 0.882. The normalized spacial score (nSPS) is 12.4. The number of aromatic nitrogens is 1. The van der Waals surface area contributed by atoms with Crippen LogP contribution in [0.4, 0.5) is 0 Å². The number of nitrogens with zero attached hydrogens (tertiary/aromatic N) is 1. The Labute approximate surface area is 119 Å². The largest absolute Gasteiger partial charge is 0.310 e. The van der Waals surface area contributed by atoms with E-state index in [9.17, 15) is 0 Å². The van der Waals surface area contributed by atoms with Crippen LogP contribution in [0.25, 0.3) is 0 Å². The molecule has 19 heavy (non-hydrogen) atoms. The van der Waals surface area contributed by atoms with Gasteiger partial charge in [0, 0.05) is 17.1 Å². The number of benzene rings is 1. The molecule has 1 aromatic carbocycles. The van der Waals surface area contributed by atoms with Gasteiger partial charge >= 0.3 is 0 Å². The van der Waals surface area contributed by atoms with Crippen LogP contribution in [0.15, 0.2) is 52.5 Å². The SMILES string of the molecule is CCNC(C)c1ccc(Sc2ccccc2C)nc1. The lowest BCUT2D eigenvalue weighted by Crippen LogP contribution is -2.17. The standard InChI is InChI=1S/C16H20N2S/c1-4-17-13(3)14-9-10-16(18-11-14)19-15-8-6-5-7-12(15)2/h5-11,13,17H,4H2,1-3H3. The van der Waals surface area contributed by atoms with Gasteiger partial charge in [0.2, 0.25) is 0 Å². The smallest absolute Gasteiger partial charge is 0.101 e. The highest BCUT2D eigenvalue weighted by Gasteiger charge is 2.05. The van der Waals surface area contributed by atoms with Gasteiger partial charge in [-0.2, -0.15) is 0 Å². The minimum atomic E-state index is 0.356. The second-order valence-electron chi connectivity index (χ2n) is 4.58. The molecule has 0 bridgehead atoms. The van der Waals surface area contributed by atoms with Crippen LogP contribution in [0, 0.1) is 6.92 Å². The van der Waals surface area contributed by atoms with Crippen molar-refractivity contribution in [3.05, 3.63) is 53.7 Å². The molecule has 1 atom stereocenters. The fourth-order valence-electron chi connectivity index (χ4n) is 1.92. The van der Waals surface area contributed by atoms with Gasteiger partial charge in [-0.3, -0.25) is 0 Å². The van der Waals surface area contributed by atoms with Crippen molar-refractivity contribution in [1.82, 2.24) is 10.3 Å². The third kappa shape index (κ3) is 3.82. The number of rotatable bonds is 5. The van der Waals surface area contributed by atoms with E-state index < -0.39 is 0 Å². The molecule has 2 nitrogen and oxygen atoms in total. The Balaban J connectivity index is 2.09. The van der Waals surface area contributed by atoms with Crippen molar-refractivity contribution in [2.24, 2.45) is 0 Å². The van der Waals surface area contributed by atoms with Gasteiger partial charge in [0.05, 0.1) is 0 Å². The van der Waals surface area contributed by atoms with Crippen molar-refractivity contribution in [1.29, 1.82) is 0 Å². The van der Waals surface area contributed by atoms with E-state index in [2.05, 4.69) is 67.5 Å². The van der Waals surface area contributed by atoms with Crippen molar-refractivity contribution in [3.8, 4) is 0 Å². The molecule has 0 fully saturated rings. The maximum absolute atomic E-state index is 4.54. The lowest BCUT2D eigenvalue weighted by molar-refractivity contribution is 0.595. The van der Waals surface area contributed by atoms with Crippen LogP contribution in [-0.4, -0.2) is 11.5 Å². The third-order valence-corrected chi connectivity index (χ3v) is 4.21. The summed E-state index contributed by atoms with van der Waals surface area (Å²) in [5.74, 6) is 0. The van der Waals surface area contributed by atoms with Gasteiger partial charge in [-0.05, 0) is 43.7 Å². The Morgan fingerprint density at radius 1 is 1.21 bits per heavy atom. The molecule has 1 unspecified atom stereocenters. The van der Waals surface area contributed by atoms with Crippen molar-refractivity contribution < 1.29 is 0 Å². The lowest BCUT2D eigenvalue weighted by Gasteiger charge is -2.12. The minimum Gasteiger partial charge on any atom is -0.310 e. The molecule has 1 aromatic heterocycles. The van der Waals surface area contributed by atoms with Gasteiger partial charge in [-0.25, -0.2) is 4.98 Å². The van der Waals surface area contributed by atoms with Crippen molar-refractivity contribution >= 4 is 11.8 Å². The van der Waals surface area contributed by atoms with E-state index in [1.54, 1.807) is 11.8 Å². The molecule has 0 aliphatic carbocycles. The third-order valence-electron chi connectivity index (χ3n) is 3.08. The Bertz CT molecular complexity index is 523. The van der Waals surface area contributed by atoms with Gasteiger partial charge in [-0.1, -0.05) is 43.0 Å². The molecule has 0 aliphatic heterocycles. The topological polar surface area (TPSA) is 24.9 Å². The van der Waals surface area contributed by atoms with Crippen LogP contribution >= 0.6 is 11.8 Å². The van der Waals surface area contributed by atoms with Crippen LogP contribution in [0.2, 0.25) is 0 Å². The van der Waals surface area contributed by atoms with E-state index in [4.69, 9.17) is 0 Å². The Morgan fingerprint density at radius 3 is 2.63 bits per heavy atom. The molecule has 3 heteroatoms. The summed E-state index contributed by atoms with van der Waals surface area (Å²) in [7, 11) is 0. The molecule has 0 amide bonds. The fourth-order valence-corrected chi connectivity index (χ4v) is 2.76. The first kappa shape index (κ1) is 14.1. The summed E-state index contributed by atoms with van der Waals surface area (Å²) >= 11 is 1.72. The lowest BCUT2D eigenvalue weighted by atomic mass is 10.1. The molecule has 100 valence electrons. The molecular formula is C16H20N2S. The second kappa shape index (κ2) is 6.73.